The van der Waals surface area contributed by atoms with E-state index in [4.69, 9.17) is 4.74 Å². The molecule has 2 N–H and O–H groups in total. The maximum atomic E-state index is 12.8. The summed E-state index contributed by atoms with van der Waals surface area (Å²) in [7, 11) is 1.62. The minimum atomic E-state index is -0.628. The van der Waals surface area contributed by atoms with Gasteiger partial charge < -0.3 is 15.4 Å². The van der Waals surface area contributed by atoms with Crippen LogP contribution < -0.4 is 15.4 Å². The van der Waals surface area contributed by atoms with Crippen molar-refractivity contribution in [2.75, 3.05) is 19.0 Å². The molecule has 3 aromatic rings. The standard InChI is InChI=1S/C26H23N3O4/c1-17-5-3-8-21(13-17)27-24(30)16-29-25(31)23(28-26(29)32)15-18-6-4-7-20(14-18)19-9-11-22(33-2)12-10-19/h3-15H,16H2,1-2H3,(H,27,30)(H,28,32)/b23-15-. The van der Waals surface area contributed by atoms with Crippen LogP contribution in [0.5, 0.6) is 5.75 Å². The molecule has 0 atom stereocenters. The Labute approximate surface area is 191 Å². The normalized spacial score (nSPS) is 14.4. The van der Waals surface area contributed by atoms with Gasteiger partial charge in [-0.15, -0.1) is 0 Å². The van der Waals surface area contributed by atoms with E-state index in [9.17, 15) is 14.4 Å². The van der Waals surface area contributed by atoms with Crippen molar-refractivity contribution in [3.63, 3.8) is 0 Å². The molecule has 0 radical (unpaired) electrons. The van der Waals surface area contributed by atoms with E-state index in [0.717, 1.165) is 32.9 Å². The summed E-state index contributed by atoms with van der Waals surface area (Å²) in [5.41, 5.74) is 4.42. The van der Waals surface area contributed by atoms with Gasteiger partial charge in [-0.2, -0.15) is 0 Å². The van der Waals surface area contributed by atoms with Gasteiger partial charge in [0.15, 0.2) is 0 Å². The molecule has 0 aromatic heterocycles. The number of rotatable bonds is 6. The van der Waals surface area contributed by atoms with E-state index in [1.807, 2.05) is 73.7 Å². The molecule has 7 nitrogen and oxygen atoms in total. The predicted octanol–water partition coefficient (Wildman–Crippen LogP) is 4.20. The van der Waals surface area contributed by atoms with Gasteiger partial charge >= 0.3 is 6.03 Å². The molecule has 0 aliphatic carbocycles. The number of carbonyl (C=O) groups is 3. The Morgan fingerprint density at radius 3 is 2.48 bits per heavy atom. The number of hydrogen-bond donors (Lipinski definition) is 2. The molecule has 0 saturated carbocycles. The first kappa shape index (κ1) is 21.8. The number of hydrogen-bond acceptors (Lipinski definition) is 4. The highest BCUT2D eigenvalue weighted by Crippen LogP contribution is 2.24. The van der Waals surface area contributed by atoms with Gasteiger partial charge in [-0.3, -0.25) is 9.59 Å². The number of nitrogens with zero attached hydrogens (tertiary/aromatic N) is 1. The SMILES string of the molecule is COc1ccc(-c2cccc(/C=C3\NC(=O)N(CC(=O)Nc4cccc(C)c4)C3=O)c2)cc1. The van der Waals surface area contributed by atoms with Crippen LogP contribution in [0, 0.1) is 6.92 Å². The molecule has 4 rings (SSSR count). The molecule has 166 valence electrons. The molecule has 7 heteroatoms. The third-order valence-corrected chi connectivity index (χ3v) is 5.19. The highest BCUT2D eigenvalue weighted by molar-refractivity contribution is 6.16. The van der Waals surface area contributed by atoms with Gasteiger partial charge in [0, 0.05) is 5.69 Å². The second kappa shape index (κ2) is 9.40. The van der Waals surface area contributed by atoms with Gasteiger partial charge in [-0.1, -0.05) is 42.5 Å². The number of anilines is 1. The zero-order chi connectivity index (χ0) is 23.4. The van der Waals surface area contributed by atoms with E-state index in [2.05, 4.69) is 10.6 Å². The predicted molar refractivity (Wildman–Crippen MR) is 126 cm³/mol. The third-order valence-electron chi connectivity index (χ3n) is 5.19. The molecule has 1 fully saturated rings. The number of benzene rings is 3. The van der Waals surface area contributed by atoms with Crippen molar-refractivity contribution < 1.29 is 19.1 Å². The minimum Gasteiger partial charge on any atom is -0.497 e. The zero-order valence-corrected chi connectivity index (χ0v) is 18.3. The summed E-state index contributed by atoms with van der Waals surface area (Å²) in [6.07, 6.45) is 1.60. The van der Waals surface area contributed by atoms with Gasteiger partial charge in [-0.05, 0) is 65.6 Å². The maximum Gasteiger partial charge on any atom is 0.329 e. The van der Waals surface area contributed by atoms with E-state index in [0.29, 0.717) is 5.69 Å². The van der Waals surface area contributed by atoms with Gasteiger partial charge in [0.2, 0.25) is 5.91 Å². The molecule has 0 bridgehead atoms. The lowest BCUT2D eigenvalue weighted by Gasteiger charge is -2.12. The van der Waals surface area contributed by atoms with Crippen LogP contribution in [-0.4, -0.2) is 36.4 Å². The van der Waals surface area contributed by atoms with E-state index >= 15 is 0 Å². The Morgan fingerprint density at radius 2 is 1.76 bits per heavy atom. The van der Waals surface area contributed by atoms with Crippen LogP contribution in [-0.2, 0) is 9.59 Å². The molecule has 4 amide bonds. The number of nitrogens with one attached hydrogen (secondary N) is 2. The lowest BCUT2D eigenvalue weighted by atomic mass is 10.0. The number of aryl methyl sites for hydroxylation is 1. The second-order valence-electron chi connectivity index (χ2n) is 7.65. The Morgan fingerprint density at radius 1 is 1.00 bits per heavy atom. The van der Waals surface area contributed by atoms with Crippen molar-refractivity contribution in [2.45, 2.75) is 6.92 Å². The molecular weight excluding hydrogens is 418 g/mol. The number of urea groups is 1. The van der Waals surface area contributed by atoms with Crippen LogP contribution in [0.2, 0.25) is 0 Å². The Bertz CT molecular complexity index is 1250. The first-order chi connectivity index (χ1) is 15.9. The van der Waals surface area contributed by atoms with Gasteiger partial charge in [0.05, 0.1) is 7.11 Å². The highest BCUT2D eigenvalue weighted by atomic mass is 16.5. The molecule has 1 saturated heterocycles. The molecule has 0 unspecified atom stereocenters. The summed E-state index contributed by atoms with van der Waals surface area (Å²) in [4.78, 5) is 38.4. The fraction of sp³-hybridized carbons (Fsp3) is 0.115. The monoisotopic (exact) mass is 441 g/mol. The van der Waals surface area contributed by atoms with E-state index in [1.165, 1.54) is 0 Å². The zero-order valence-electron chi connectivity index (χ0n) is 18.3. The van der Waals surface area contributed by atoms with Gasteiger partial charge in [0.25, 0.3) is 5.91 Å². The summed E-state index contributed by atoms with van der Waals surface area (Å²) in [6.45, 7) is 1.54. The average molecular weight is 441 g/mol. The molecule has 3 aromatic carbocycles. The topological polar surface area (TPSA) is 87.7 Å². The lowest BCUT2D eigenvalue weighted by Crippen LogP contribution is -2.38. The summed E-state index contributed by atoms with van der Waals surface area (Å²) in [5, 5.41) is 5.26. The average Bonchev–Trinajstić information content (AvgIpc) is 3.06. The fourth-order valence-corrected chi connectivity index (χ4v) is 3.54. The number of ether oxygens (including phenoxy) is 1. The summed E-state index contributed by atoms with van der Waals surface area (Å²) in [6, 6.07) is 21.9. The van der Waals surface area contributed by atoms with Crippen LogP contribution in [0.4, 0.5) is 10.5 Å². The van der Waals surface area contributed by atoms with E-state index in [1.54, 1.807) is 19.3 Å². The van der Waals surface area contributed by atoms with Crippen molar-refractivity contribution in [1.82, 2.24) is 10.2 Å². The number of imide groups is 1. The molecular formula is C26H23N3O4. The van der Waals surface area contributed by atoms with E-state index < -0.39 is 17.8 Å². The van der Waals surface area contributed by atoms with Crippen molar-refractivity contribution in [2.24, 2.45) is 0 Å². The fourth-order valence-electron chi connectivity index (χ4n) is 3.54. The molecule has 1 heterocycles. The number of amides is 4. The lowest BCUT2D eigenvalue weighted by molar-refractivity contribution is -0.127. The van der Waals surface area contributed by atoms with Crippen molar-refractivity contribution in [1.29, 1.82) is 0 Å². The summed E-state index contributed by atoms with van der Waals surface area (Å²) in [5.74, 6) is -0.232. The first-order valence-electron chi connectivity index (χ1n) is 10.4. The van der Waals surface area contributed by atoms with Crippen LogP contribution in [0.25, 0.3) is 17.2 Å². The Kier molecular flexibility index (Phi) is 6.22. The van der Waals surface area contributed by atoms with Gasteiger partial charge in [-0.25, -0.2) is 9.69 Å². The van der Waals surface area contributed by atoms with Gasteiger partial charge in [0.1, 0.15) is 18.0 Å². The number of carbonyl (C=O) groups excluding carboxylic acids is 3. The Hall–Kier alpha value is -4.39. The quantitative estimate of drug-likeness (QED) is 0.443. The van der Waals surface area contributed by atoms with Crippen molar-refractivity contribution >= 4 is 29.6 Å². The molecule has 33 heavy (non-hydrogen) atoms. The second-order valence-corrected chi connectivity index (χ2v) is 7.65. The summed E-state index contributed by atoms with van der Waals surface area (Å²) >= 11 is 0. The maximum absolute atomic E-state index is 12.8. The summed E-state index contributed by atoms with van der Waals surface area (Å²) < 4.78 is 5.19. The van der Waals surface area contributed by atoms with Crippen LogP contribution >= 0.6 is 0 Å². The number of methoxy groups -OCH3 is 1. The third kappa shape index (κ3) is 5.10. The highest BCUT2D eigenvalue weighted by Gasteiger charge is 2.34. The van der Waals surface area contributed by atoms with Crippen LogP contribution in [0.15, 0.2) is 78.5 Å². The van der Waals surface area contributed by atoms with Crippen molar-refractivity contribution in [3.8, 4) is 16.9 Å². The van der Waals surface area contributed by atoms with Crippen molar-refractivity contribution in [3.05, 3.63) is 89.6 Å². The molecule has 1 aliphatic heterocycles. The largest absolute Gasteiger partial charge is 0.497 e. The molecule has 0 spiro atoms. The molecule has 1 aliphatic rings. The minimum absolute atomic E-state index is 0.121. The Balaban J connectivity index is 1.47. The van der Waals surface area contributed by atoms with E-state index in [-0.39, 0.29) is 12.2 Å². The van der Waals surface area contributed by atoms with Crippen LogP contribution in [0.3, 0.4) is 0 Å². The first-order valence-corrected chi connectivity index (χ1v) is 10.4. The smallest absolute Gasteiger partial charge is 0.329 e. The van der Waals surface area contributed by atoms with Crippen LogP contribution in [0.1, 0.15) is 11.1 Å².